The molecule has 2 aromatic carbocycles. The van der Waals surface area contributed by atoms with Gasteiger partial charge in [-0.05, 0) is 23.8 Å². The molecule has 0 aliphatic carbocycles. The van der Waals surface area contributed by atoms with Crippen molar-refractivity contribution in [2.75, 3.05) is 0 Å². The quantitative estimate of drug-likeness (QED) is 0.751. The Hall–Kier alpha value is -2.34. The lowest BCUT2D eigenvalue weighted by molar-refractivity contribution is 0.306. The summed E-state index contributed by atoms with van der Waals surface area (Å²) in [5.41, 5.74) is 1.53. The third-order valence-electron chi connectivity index (χ3n) is 3.13. The Bertz CT molecular complexity index is 872. The van der Waals surface area contributed by atoms with E-state index in [0.717, 1.165) is 11.8 Å². The predicted molar refractivity (Wildman–Crippen MR) is 77.4 cm³/mol. The molecule has 0 spiro atoms. The Morgan fingerprint density at radius 1 is 1.10 bits per heavy atom. The van der Waals surface area contributed by atoms with Crippen molar-refractivity contribution in [3.8, 4) is 5.75 Å². The number of halogens is 1. The highest BCUT2D eigenvalue weighted by Gasteiger charge is 2.18. The highest BCUT2D eigenvalue weighted by molar-refractivity contribution is 7.86. The molecular formula is C15H12FNO3S. The summed E-state index contributed by atoms with van der Waals surface area (Å²) in [4.78, 5) is 2.35. The van der Waals surface area contributed by atoms with Gasteiger partial charge >= 0.3 is 10.2 Å². The van der Waals surface area contributed by atoms with Gasteiger partial charge in [-0.15, -0.1) is 3.89 Å². The van der Waals surface area contributed by atoms with Crippen LogP contribution in [0.5, 0.6) is 5.75 Å². The lowest BCUT2D eigenvalue weighted by Crippen LogP contribution is -1.95. The second-order valence-corrected chi connectivity index (χ2v) is 5.89. The van der Waals surface area contributed by atoms with E-state index in [1.165, 1.54) is 6.07 Å². The summed E-state index contributed by atoms with van der Waals surface area (Å²) in [6.07, 6.45) is 1.14. The number of aromatic nitrogens is 1. The van der Waals surface area contributed by atoms with E-state index in [1.807, 2.05) is 30.3 Å². The maximum Gasteiger partial charge on any atom is 0.334 e. The third kappa shape index (κ3) is 2.90. The minimum Gasteiger partial charge on any atom is -0.489 e. The van der Waals surface area contributed by atoms with Gasteiger partial charge in [0.1, 0.15) is 17.3 Å². The molecule has 108 valence electrons. The van der Waals surface area contributed by atoms with Crippen molar-refractivity contribution in [2.45, 2.75) is 11.5 Å². The molecule has 0 fully saturated rings. The summed E-state index contributed by atoms with van der Waals surface area (Å²) in [6, 6.07) is 14.4. The molecule has 0 saturated carbocycles. The maximum absolute atomic E-state index is 13.2. The van der Waals surface area contributed by atoms with Gasteiger partial charge in [0.2, 0.25) is 0 Å². The Morgan fingerprint density at radius 2 is 1.86 bits per heavy atom. The van der Waals surface area contributed by atoms with Gasteiger partial charge in [-0.2, -0.15) is 8.42 Å². The van der Waals surface area contributed by atoms with E-state index in [9.17, 15) is 12.3 Å². The standard InChI is InChI=1S/C15H12FNO3S/c16-21(18,19)15-9-17-14-7-6-12(8-13(14)15)20-10-11-4-2-1-3-5-11/h1-9,17H,10H2. The van der Waals surface area contributed by atoms with E-state index in [0.29, 0.717) is 17.9 Å². The Balaban J connectivity index is 1.90. The van der Waals surface area contributed by atoms with Gasteiger partial charge in [0, 0.05) is 17.1 Å². The summed E-state index contributed by atoms with van der Waals surface area (Å²) < 4.78 is 40.9. The first-order valence-corrected chi connectivity index (χ1v) is 7.65. The van der Waals surface area contributed by atoms with Crippen LogP contribution in [0.25, 0.3) is 10.9 Å². The van der Waals surface area contributed by atoms with Crippen molar-refractivity contribution in [3.05, 3.63) is 60.3 Å². The number of fused-ring (bicyclic) bond motifs is 1. The smallest absolute Gasteiger partial charge is 0.334 e. The van der Waals surface area contributed by atoms with Gasteiger partial charge < -0.3 is 9.72 Å². The summed E-state index contributed by atoms with van der Waals surface area (Å²) in [7, 11) is -4.76. The fourth-order valence-corrected chi connectivity index (χ4v) is 2.74. The van der Waals surface area contributed by atoms with Crippen molar-refractivity contribution < 1.29 is 17.0 Å². The van der Waals surface area contributed by atoms with E-state index in [4.69, 9.17) is 4.74 Å². The van der Waals surface area contributed by atoms with Crippen molar-refractivity contribution in [2.24, 2.45) is 0 Å². The lowest BCUT2D eigenvalue weighted by atomic mass is 10.2. The molecule has 21 heavy (non-hydrogen) atoms. The zero-order valence-electron chi connectivity index (χ0n) is 10.9. The second-order valence-electron chi connectivity index (χ2n) is 4.57. The van der Waals surface area contributed by atoms with Gasteiger partial charge in [0.05, 0.1) is 0 Å². The molecule has 1 heterocycles. The van der Waals surface area contributed by atoms with Crippen molar-refractivity contribution in [1.29, 1.82) is 0 Å². The second kappa shape index (κ2) is 5.21. The summed E-state index contributed by atoms with van der Waals surface area (Å²) >= 11 is 0. The summed E-state index contributed by atoms with van der Waals surface area (Å²) in [5, 5.41) is 0.281. The SMILES string of the molecule is O=S(=O)(F)c1c[nH]c2ccc(OCc3ccccc3)cc12. The van der Waals surface area contributed by atoms with Crippen LogP contribution in [-0.4, -0.2) is 13.4 Å². The normalized spacial score (nSPS) is 11.7. The first-order valence-electron chi connectivity index (χ1n) is 6.26. The van der Waals surface area contributed by atoms with Crippen LogP contribution in [0, 0.1) is 0 Å². The number of hydrogen-bond donors (Lipinski definition) is 1. The van der Waals surface area contributed by atoms with Crippen LogP contribution in [0.15, 0.2) is 59.6 Å². The molecule has 0 aliphatic rings. The summed E-state index contributed by atoms with van der Waals surface area (Å²) in [5.74, 6) is 0.482. The van der Waals surface area contributed by atoms with Crippen LogP contribution < -0.4 is 4.74 Å². The van der Waals surface area contributed by atoms with Gasteiger partial charge in [-0.1, -0.05) is 30.3 Å². The average Bonchev–Trinajstić information content (AvgIpc) is 2.89. The third-order valence-corrected chi connectivity index (χ3v) is 3.99. The molecule has 3 rings (SSSR count). The lowest BCUT2D eigenvalue weighted by Gasteiger charge is -2.06. The molecule has 0 saturated heterocycles. The number of H-pyrrole nitrogens is 1. The molecule has 0 radical (unpaired) electrons. The highest BCUT2D eigenvalue weighted by Crippen LogP contribution is 2.28. The van der Waals surface area contributed by atoms with Gasteiger partial charge in [-0.25, -0.2) is 0 Å². The molecule has 1 aromatic heterocycles. The Kier molecular flexibility index (Phi) is 3.39. The zero-order valence-corrected chi connectivity index (χ0v) is 11.7. The van der Waals surface area contributed by atoms with E-state index < -0.39 is 10.2 Å². The van der Waals surface area contributed by atoms with Crippen LogP contribution >= 0.6 is 0 Å². The fraction of sp³-hybridized carbons (Fsp3) is 0.0667. The number of benzene rings is 2. The van der Waals surface area contributed by atoms with Crippen LogP contribution in [0.2, 0.25) is 0 Å². The first-order chi connectivity index (χ1) is 10.0. The monoisotopic (exact) mass is 305 g/mol. The molecule has 3 aromatic rings. The van der Waals surface area contributed by atoms with Gasteiger partial charge in [0.25, 0.3) is 0 Å². The molecule has 6 heteroatoms. The number of hydrogen-bond acceptors (Lipinski definition) is 3. The Morgan fingerprint density at radius 3 is 2.57 bits per heavy atom. The fourth-order valence-electron chi connectivity index (χ4n) is 2.11. The van der Waals surface area contributed by atoms with Gasteiger partial charge in [-0.3, -0.25) is 0 Å². The van der Waals surface area contributed by atoms with Crippen molar-refractivity contribution in [1.82, 2.24) is 4.98 Å². The minimum absolute atomic E-state index is 0.281. The molecule has 0 amide bonds. The molecule has 0 aliphatic heterocycles. The van der Waals surface area contributed by atoms with E-state index in [1.54, 1.807) is 12.1 Å². The number of ether oxygens (including phenoxy) is 1. The Labute approximate surface area is 121 Å². The molecule has 0 bridgehead atoms. The summed E-state index contributed by atoms with van der Waals surface area (Å²) in [6.45, 7) is 0.356. The first kappa shape index (κ1) is 13.6. The van der Waals surface area contributed by atoms with E-state index >= 15 is 0 Å². The average molecular weight is 305 g/mol. The molecule has 4 nitrogen and oxygen atoms in total. The molecule has 0 unspecified atom stereocenters. The maximum atomic E-state index is 13.2. The van der Waals surface area contributed by atoms with E-state index in [2.05, 4.69) is 4.98 Å². The van der Waals surface area contributed by atoms with Crippen LogP contribution in [0.4, 0.5) is 3.89 Å². The number of nitrogens with one attached hydrogen (secondary N) is 1. The predicted octanol–water partition coefficient (Wildman–Crippen LogP) is 3.41. The van der Waals surface area contributed by atoms with Crippen LogP contribution in [0.3, 0.4) is 0 Å². The zero-order chi connectivity index (χ0) is 14.9. The highest BCUT2D eigenvalue weighted by atomic mass is 32.3. The minimum atomic E-state index is -4.76. The largest absolute Gasteiger partial charge is 0.489 e. The molecule has 0 atom stereocenters. The van der Waals surface area contributed by atoms with Crippen LogP contribution in [0.1, 0.15) is 5.56 Å². The topological polar surface area (TPSA) is 59.2 Å². The van der Waals surface area contributed by atoms with Crippen molar-refractivity contribution >= 4 is 21.1 Å². The number of rotatable bonds is 4. The molecule has 1 N–H and O–H groups in total. The van der Waals surface area contributed by atoms with Crippen molar-refractivity contribution in [3.63, 3.8) is 0 Å². The van der Waals surface area contributed by atoms with E-state index in [-0.39, 0.29) is 10.3 Å². The molecular weight excluding hydrogens is 293 g/mol. The van der Waals surface area contributed by atoms with Gasteiger partial charge in [0.15, 0.2) is 0 Å². The number of aromatic amines is 1. The van der Waals surface area contributed by atoms with Crippen LogP contribution in [-0.2, 0) is 16.8 Å².